The van der Waals surface area contributed by atoms with Gasteiger partial charge in [-0.1, -0.05) is 99.5 Å². The normalized spacial score (nSPS) is 14.1. The Balaban J connectivity index is 0.793. The number of carbonyl (C=O) groups is 4. The monoisotopic (exact) mass is 1010 g/mol. The number of aromatic amines is 1. The Hall–Kier alpha value is -7.16. The molecule has 2 aromatic heterocycles. The second-order valence-corrected chi connectivity index (χ2v) is 19.8. The van der Waals surface area contributed by atoms with Crippen LogP contribution < -0.4 is 21.3 Å². The molecule has 73 heavy (non-hydrogen) atoms. The van der Waals surface area contributed by atoms with Gasteiger partial charge in [0.1, 0.15) is 6.04 Å². The molecule has 2 atom stereocenters. The average Bonchev–Trinajstić information content (AvgIpc) is 4.13. The number of aryl methyl sites for hydroxylation is 1. The molecule has 16 heteroatoms. The molecule has 0 spiro atoms. The Morgan fingerprint density at radius 1 is 0.904 bits per heavy atom. The van der Waals surface area contributed by atoms with Crippen LogP contribution >= 0.6 is 11.3 Å². The molecule has 4 aromatic carbocycles. The van der Waals surface area contributed by atoms with E-state index in [2.05, 4.69) is 43.1 Å². The number of aromatic hydroxyl groups is 1. The summed E-state index contributed by atoms with van der Waals surface area (Å²) >= 11 is 1.60. The molecule has 1 fully saturated rings. The van der Waals surface area contributed by atoms with Crippen molar-refractivity contribution in [3.63, 3.8) is 0 Å². The number of hydrogen-bond acceptors (Lipinski definition) is 11. The van der Waals surface area contributed by atoms with Crippen LogP contribution in [-0.2, 0) is 41.7 Å². The summed E-state index contributed by atoms with van der Waals surface area (Å²) in [6.07, 6.45) is 1.48. The van der Waals surface area contributed by atoms with Crippen LogP contribution in [0.4, 0.5) is 5.69 Å². The van der Waals surface area contributed by atoms with Crippen molar-refractivity contribution in [1.82, 2.24) is 36.1 Å². The molecule has 0 bridgehead atoms. The maximum Gasteiger partial charge on any atom is 0.296 e. The molecule has 7 rings (SSSR count). The van der Waals surface area contributed by atoms with E-state index < -0.39 is 17.4 Å². The first-order valence-corrected chi connectivity index (χ1v) is 25.8. The zero-order chi connectivity index (χ0) is 51.7. The summed E-state index contributed by atoms with van der Waals surface area (Å²) in [5.41, 5.74) is 9.54. The molecular formula is C57H66N8O7S. The third-order valence-electron chi connectivity index (χ3n) is 12.6. The van der Waals surface area contributed by atoms with E-state index in [0.717, 1.165) is 50.3 Å². The van der Waals surface area contributed by atoms with Crippen LogP contribution in [0.5, 0.6) is 5.88 Å². The van der Waals surface area contributed by atoms with E-state index in [9.17, 15) is 24.3 Å². The maximum absolute atomic E-state index is 14.0. The highest BCUT2D eigenvalue weighted by Crippen LogP contribution is 2.33. The van der Waals surface area contributed by atoms with Gasteiger partial charge >= 0.3 is 0 Å². The number of ether oxygens (including phenoxy) is 2. The van der Waals surface area contributed by atoms with Crippen molar-refractivity contribution in [1.29, 1.82) is 0 Å². The fourth-order valence-corrected chi connectivity index (χ4v) is 9.42. The number of thiazole rings is 1. The summed E-state index contributed by atoms with van der Waals surface area (Å²) in [7, 11) is 0. The highest BCUT2D eigenvalue weighted by molar-refractivity contribution is 7.13. The lowest BCUT2D eigenvalue weighted by Gasteiger charge is -2.35. The second kappa shape index (κ2) is 26.0. The lowest BCUT2D eigenvalue weighted by molar-refractivity contribution is -0.144. The first-order valence-electron chi connectivity index (χ1n) is 24.9. The number of likely N-dealkylation sites (tertiary alicyclic amines) is 1. The highest BCUT2D eigenvalue weighted by Gasteiger charge is 2.41. The number of benzene rings is 4. The number of rotatable bonds is 22. The Bertz CT molecular complexity index is 2910. The van der Waals surface area contributed by atoms with Gasteiger partial charge in [-0.05, 0) is 73.1 Å². The van der Waals surface area contributed by atoms with Crippen molar-refractivity contribution < 1.29 is 33.8 Å². The minimum atomic E-state index is -0.554. The molecule has 0 aliphatic carbocycles. The predicted molar refractivity (Wildman–Crippen MR) is 286 cm³/mol. The van der Waals surface area contributed by atoms with E-state index in [1.807, 2.05) is 131 Å². The fourth-order valence-electron chi connectivity index (χ4n) is 8.61. The van der Waals surface area contributed by atoms with E-state index in [-0.39, 0.29) is 49.1 Å². The van der Waals surface area contributed by atoms with Crippen LogP contribution in [-0.4, -0.2) is 108 Å². The van der Waals surface area contributed by atoms with Crippen molar-refractivity contribution >= 4 is 57.3 Å². The Kier molecular flexibility index (Phi) is 19.1. The summed E-state index contributed by atoms with van der Waals surface area (Å²) in [6, 6.07) is 30.6. The number of H-pyrrole nitrogens is 1. The van der Waals surface area contributed by atoms with Gasteiger partial charge in [-0.25, -0.2) is 9.98 Å². The summed E-state index contributed by atoms with van der Waals surface area (Å²) < 4.78 is 11.4. The van der Waals surface area contributed by atoms with Crippen LogP contribution in [0, 0.1) is 30.1 Å². The number of aliphatic imine (C=N–C) groups is 1. The van der Waals surface area contributed by atoms with Crippen LogP contribution in [0.2, 0.25) is 0 Å². The molecule has 1 aliphatic rings. The Morgan fingerprint density at radius 2 is 1.63 bits per heavy atom. The standard InChI is InChI=1S/C57H66N8O7S/c1-6-59-49(66)25-19-39-18-24-45-47(33-39)64-55(69)51(45)52(42-11-8-7-9-12-42)63-44-22-16-40(17-23-44)34-58-27-30-72-32-31-71-29-26-50(67)60-36-46(57(3,4)5)56(70)65-28-10-13-48(65)54(68)61-35-41-14-20-43(21-15-41)53-38(2)62-37-73-53/h7-9,11-12,14-18,20-24,33,37,46,48,58,64,69H,6,10,13,26-32,34-36H2,1-5H3,(H,59,66)(H,60,67)(H,61,68)/t46?,48-/m0/s1. The number of carbonyl (C=O) groups excluding carboxylic acids is 4. The first kappa shape index (κ1) is 53.6. The molecule has 382 valence electrons. The van der Waals surface area contributed by atoms with E-state index >= 15 is 0 Å². The number of aromatic nitrogens is 2. The number of nitrogens with one attached hydrogen (secondary N) is 5. The largest absolute Gasteiger partial charge is 0.494 e. The van der Waals surface area contributed by atoms with Crippen molar-refractivity contribution in [3.05, 3.63) is 136 Å². The topological polar surface area (TPSA) is 199 Å². The van der Waals surface area contributed by atoms with E-state index in [1.54, 1.807) is 22.3 Å². The molecule has 15 nitrogen and oxygen atoms in total. The van der Waals surface area contributed by atoms with Gasteiger partial charge in [-0.15, -0.1) is 11.3 Å². The zero-order valence-electron chi connectivity index (χ0n) is 42.3. The van der Waals surface area contributed by atoms with Crippen LogP contribution in [0.15, 0.2) is 108 Å². The predicted octanol–water partition coefficient (Wildman–Crippen LogP) is 7.56. The molecule has 3 heterocycles. The smallest absolute Gasteiger partial charge is 0.296 e. The number of hydrogen-bond donors (Lipinski definition) is 6. The van der Waals surface area contributed by atoms with Gasteiger partial charge in [0.15, 0.2) is 5.88 Å². The van der Waals surface area contributed by atoms with Gasteiger partial charge in [0.2, 0.25) is 17.7 Å². The molecule has 4 amide bonds. The molecule has 1 unspecified atom stereocenters. The van der Waals surface area contributed by atoms with Gasteiger partial charge in [0, 0.05) is 68.1 Å². The van der Waals surface area contributed by atoms with Crippen LogP contribution in [0.3, 0.4) is 0 Å². The maximum atomic E-state index is 14.0. The number of fused-ring (bicyclic) bond motifs is 1. The lowest BCUT2D eigenvalue weighted by Crippen LogP contribution is -2.52. The summed E-state index contributed by atoms with van der Waals surface area (Å²) in [5, 5.41) is 24.0. The lowest BCUT2D eigenvalue weighted by atomic mass is 9.79. The minimum Gasteiger partial charge on any atom is -0.494 e. The second-order valence-electron chi connectivity index (χ2n) is 19.0. The summed E-state index contributed by atoms with van der Waals surface area (Å²) in [6.45, 7) is 14.0. The molecule has 6 aromatic rings. The Morgan fingerprint density at radius 3 is 2.34 bits per heavy atom. The van der Waals surface area contributed by atoms with Crippen LogP contribution in [0.25, 0.3) is 21.3 Å². The van der Waals surface area contributed by atoms with Crippen molar-refractivity contribution in [3.8, 4) is 28.2 Å². The van der Waals surface area contributed by atoms with E-state index in [1.165, 1.54) is 0 Å². The Labute approximate surface area is 431 Å². The quantitative estimate of drug-likeness (QED) is 0.0226. The minimum absolute atomic E-state index is 0.0192. The highest BCUT2D eigenvalue weighted by atomic mass is 32.1. The van der Waals surface area contributed by atoms with Crippen LogP contribution in [0.1, 0.15) is 80.5 Å². The third kappa shape index (κ3) is 15.0. The van der Waals surface area contributed by atoms with Crippen molar-refractivity contribution in [2.45, 2.75) is 73.0 Å². The number of amides is 4. The van der Waals surface area contributed by atoms with E-state index in [4.69, 9.17) is 14.5 Å². The average molecular weight is 1010 g/mol. The molecule has 0 saturated carbocycles. The van der Waals surface area contributed by atoms with Gasteiger partial charge in [-0.3, -0.25) is 19.2 Å². The fraction of sp³-hybridized carbons (Fsp3) is 0.368. The molecule has 1 saturated heterocycles. The molecule has 1 aliphatic heterocycles. The summed E-state index contributed by atoms with van der Waals surface area (Å²) in [5.74, 6) is 4.09. The first-order chi connectivity index (χ1) is 35.3. The molecule has 0 radical (unpaired) electrons. The van der Waals surface area contributed by atoms with Crippen molar-refractivity contribution in [2.75, 3.05) is 52.6 Å². The molecular weight excluding hydrogens is 941 g/mol. The SMILES string of the molecule is CCNC(=O)C#Cc1ccc2c(C(=Nc3ccc(CNCCOCCOCCC(=O)NCC(C(=O)N4CCC[C@H]4C(=O)NCc4ccc(-c5scnc5C)cc4)C(C)(C)C)cc3)c3ccccc3)c(O)[nH]c2c1. The van der Waals surface area contributed by atoms with Gasteiger partial charge in [0.05, 0.1) is 70.9 Å². The van der Waals surface area contributed by atoms with E-state index in [0.29, 0.717) is 81.3 Å². The van der Waals surface area contributed by atoms with Gasteiger partial charge < -0.3 is 45.7 Å². The van der Waals surface area contributed by atoms with Gasteiger partial charge in [-0.2, -0.15) is 0 Å². The third-order valence-corrected chi connectivity index (χ3v) is 13.6. The van der Waals surface area contributed by atoms with Crippen molar-refractivity contribution in [2.24, 2.45) is 16.3 Å². The summed E-state index contributed by atoms with van der Waals surface area (Å²) in [4.78, 5) is 67.4. The van der Waals surface area contributed by atoms with Gasteiger partial charge in [0.25, 0.3) is 5.91 Å². The number of nitrogens with zero attached hydrogens (tertiary/aromatic N) is 3. The zero-order valence-corrected chi connectivity index (χ0v) is 43.1. The molecule has 6 N–H and O–H groups in total.